The summed E-state index contributed by atoms with van der Waals surface area (Å²) in [5, 5.41) is 22.5. The standard InChI is InChI=1S/C15H14ClN5O/c16-13-7-2-1-6-12(13)14(22)10-21-15(18-19-20-21)9-11-5-3-4-8-17-11/h1-8,14,22H,9-10H2/t14-/m0/s1. The van der Waals surface area contributed by atoms with E-state index in [0.29, 0.717) is 22.8 Å². The Bertz CT molecular complexity index is 746. The molecule has 6 nitrogen and oxygen atoms in total. The van der Waals surface area contributed by atoms with E-state index in [1.54, 1.807) is 23.0 Å². The molecule has 0 saturated heterocycles. The molecule has 112 valence electrons. The summed E-state index contributed by atoms with van der Waals surface area (Å²) in [6.07, 6.45) is 1.45. The van der Waals surface area contributed by atoms with E-state index < -0.39 is 6.10 Å². The molecular formula is C15H14ClN5O. The van der Waals surface area contributed by atoms with E-state index in [1.807, 2.05) is 30.3 Å². The van der Waals surface area contributed by atoms with Gasteiger partial charge in [-0.15, -0.1) is 5.10 Å². The van der Waals surface area contributed by atoms with Crippen LogP contribution >= 0.6 is 11.6 Å². The van der Waals surface area contributed by atoms with Gasteiger partial charge in [0.1, 0.15) is 6.10 Å². The van der Waals surface area contributed by atoms with Gasteiger partial charge in [0.2, 0.25) is 0 Å². The lowest BCUT2D eigenvalue weighted by atomic mass is 10.1. The van der Waals surface area contributed by atoms with Crippen molar-refractivity contribution in [3.05, 3.63) is 70.8 Å². The van der Waals surface area contributed by atoms with Gasteiger partial charge in [-0.3, -0.25) is 4.98 Å². The summed E-state index contributed by atoms with van der Waals surface area (Å²) in [6.45, 7) is 0.235. The Morgan fingerprint density at radius 3 is 2.73 bits per heavy atom. The Morgan fingerprint density at radius 2 is 1.95 bits per heavy atom. The summed E-state index contributed by atoms with van der Waals surface area (Å²) in [4.78, 5) is 4.25. The van der Waals surface area contributed by atoms with Crippen LogP contribution in [-0.4, -0.2) is 30.3 Å². The average molecular weight is 316 g/mol. The minimum Gasteiger partial charge on any atom is -0.386 e. The van der Waals surface area contributed by atoms with Gasteiger partial charge in [0.05, 0.1) is 13.0 Å². The predicted molar refractivity (Wildman–Crippen MR) is 81.3 cm³/mol. The summed E-state index contributed by atoms with van der Waals surface area (Å²) in [5.41, 5.74) is 1.52. The summed E-state index contributed by atoms with van der Waals surface area (Å²) >= 11 is 6.10. The van der Waals surface area contributed by atoms with Crippen molar-refractivity contribution in [2.45, 2.75) is 19.1 Å². The molecule has 0 aliphatic rings. The quantitative estimate of drug-likeness (QED) is 0.779. The highest BCUT2D eigenvalue weighted by Crippen LogP contribution is 2.23. The zero-order valence-corrected chi connectivity index (χ0v) is 12.4. The van der Waals surface area contributed by atoms with Gasteiger partial charge < -0.3 is 5.11 Å². The fourth-order valence-electron chi connectivity index (χ4n) is 2.16. The van der Waals surface area contributed by atoms with Crippen molar-refractivity contribution >= 4 is 11.6 Å². The minimum atomic E-state index is -0.778. The van der Waals surface area contributed by atoms with Crippen LogP contribution in [0.5, 0.6) is 0 Å². The van der Waals surface area contributed by atoms with Crippen LogP contribution in [0.25, 0.3) is 0 Å². The number of aliphatic hydroxyl groups excluding tert-OH is 1. The summed E-state index contributed by atoms with van der Waals surface area (Å²) in [5.74, 6) is 0.643. The van der Waals surface area contributed by atoms with Crippen LogP contribution in [0.15, 0.2) is 48.7 Å². The first-order valence-corrected chi connectivity index (χ1v) is 7.19. The first-order chi connectivity index (χ1) is 10.7. The van der Waals surface area contributed by atoms with Gasteiger partial charge in [-0.1, -0.05) is 35.9 Å². The van der Waals surface area contributed by atoms with Gasteiger partial charge in [-0.25, -0.2) is 4.68 Å². The number of hydrogen-bond acceptors (Lipinski definition) is 5. The van der Waals surface area contributed by atoms with Crippen LogP contribution in [0.2, 0.25) is 5.02 Å². The van der Waals surface area contributed by atoms with Crippen molar-refractivity contribution in [2.75, 3.05) is 0 Å². The number of tetrazole rings is 1. The van der Waals surface area contributed by atoms with Crippen molar-refractivity contribution in [2.24, 2.45) is 0 Å². The van der Waals surface area contributed by atoms with E-state index >= 15 is 0 Å². The number of benzene rings is 1. The van der Waals surface area contributed by atoms with Crippen molar-refractivity contribution in [1.29, 1.82) is 0 Å². The molecule has 3 aromatic rings. The maximum absolute atomic E-state index is 10.3. The minimum absolute atomic E-state index is 0.235. The highest BCUT2D eigenvalue weighted by molar-refractivity contribution is 6.31. The topological polar surface area (TPSA) is 76.7 Å². The first-order valence-electron chi connectivity index (χ1n) is 6.81. The van der Waals surface area contributed by atoms with E-state index in [4.69, 9.17) is 11.6 Å². The van der Waals surface area contributed by atoms with Crippen molar-refractivity contribution in [3.63, 3.8) is 0 Å². The van der Waals surface area contributed by atoms with Gasteiger partial charge in [-0.2, -0.15) is 0 Å². The average Bonchev–Trinajstić information content (AvgIpc) is 2.95. The molecule has 0 saturated carbocycles. The maximum Gasteiger partial charge on any atom is 0.157 e. The largest absolute Gasteiger partial charge is 0.386 e. The fraction of sp³-hybridized carbons (Fsp3) is 0.200. The van der Waals surface area contributed by atoms with Crippen molar-refractivity contribution < 1.29 is 5.11 Å². The number of hydrogen-bond donors (Lipinski definition) is 1. The Hall–Kier alpha value is -2.31. The molecule has 0 fully saturated rings. The third-order valence-electron chi connectivity index (χ3n) is 3.28. The number of nitrogens with zero attached hydrogens (tertiary/aromatic N) is 5. The summed E-state index contributed by atoms with van der Waals surface area (Å²) in [7, 11) is 0. The van der Waals surface area contributed by atoms with Crippen LogP contribution in [0.4, 0.5) is 0 Å². The van der Waals surface area contributed by atoms with E-state index in [0.717, 1.165) is 5.69 Å². The van der Waals surface area contributed by atoms with Crippen LogP contribution in [0.3, 0.4) is 0 Å². The van der Waals surface area contributed by atoms with Crippen LogP contribution < -0.4 is 0 Å². The second-order valence-electron chi connectivity index (χ2n) is 4.81. The maximum atomic E-state index is 10.3. The second kappa shape index (κ2) is 6.64. The van der Waals surface area contributed by atoms with E-state index in [-0.39, 0.29) is 6.54 Å². The zero-order valence-electron chi connectivity index (χ0n) is 11.7. The Kier molecular flexibility index (Phi) is 4.41. The number of halogens is 1. The third-order valence-corrected chi connectivity index (χ3v) is 3.63. The molecule has 3 rings (SSSR count). The number of aromatic nitrogens is 5. The van der Waals surface area contributed by atoms with Gasteiger partial charge >= 0.3 is 0 Å². The van der Waals surface area contributed by atoms with E-state index in [1.165, 1.54) is 0 Å². The van der Waals surface area contributed by atoms with Crippen LogP contribution in [-0.2, 0) is 13.0 Å². The Morgan fingerprint density at radius 1 is 1.14 bits per heavy atom. The molecule has 0 radical (unpaired) electrons. The molecule has 2 aromatic heterocycles. The molecule has 1 N–H and O–H groups in total. The highest BCUT2D eigenvalue weighted by atomic mass is 35.5. The number of rotatable bonds is 5. The highest BCUT2D eigenvalue weighted by Gasteiger charge is 2.15. The lowest BCUT2D eigenvalue weighted by Gasteiger charge is -2.13. The molecular weight excluding hydrogens is 302 g/mol. The monoisotopic (exact) mass is 315 g/mol. The molecule has 0 bridgehead atoms. The first kappa shape index (κ1) is 14.6. The molecule has 22 heavy (non-hydrogen) atoms. The van der Waals surface area contributed by atoms with Crippen LogP contribution in [0, 0.1) is 0 Å². The molecule has 0 aliphatic carbocycles. The van der Waals surface area contributed by atoms with Gasteiger partial charge in [0.25, 0.3) is 0 Å². The molecule has 1 atom stereocenters. The van der Waals surface area contributed by atoms with Crippen molar-refractivity contribution in [3.8, 4) is 0 Å². The predicted octanol–water partition coefficient (Wildman–Crippen LogP) is 2.05. The molecule has 2 heterocycles. The molecule has 0 amide bonds. The fourth-order valence-corrected chi connectivity index (χ4v) is 2.43. The zero-order chi connectivity index (χ0) is 15.4. The summed E-state index contributed by atoms with van der Waals surface area (Å²) < 4.78 is 1.57. The smallest absolute Gasteiger partial charge is 0.157 e. The SMILES string of the molecule is O[C@@H](Cn1nnnc1Cc1ccccn1)c1ccccc1Cl. The van der Waals surface area contributed by atoms with Crippen molar-refractivity contribution in [1.82, 2.24) is 25.2 Å². The Labute approximate surface area is 132 Å². The molecule has 7 heteroatoms. The van der Waals surface area contributed by atoms with E-state index in [9.17, 15) is 5.11 Å². The van der Waals surface area contributed by atoms with E-state index in [2.05, 4.69) is 20.5 Å². The van der Waals surface area contributed by atoms with Gasteiger partial charge in [0.15, 0.2) is 5.82 Å². The molecule has 0 aliphatic heterocycles. The van der Waals surface area contributed by atoms with Gasteiger partial charge in [-0.05, 0) is 28.6 Å². The second-order valence-corrected chi connectivity index (χ2v) is 5.22. The van der Waals surface area contributed by atoms with Crippen LogP contribution in [0.1, 0.15) is 23.2 Å². The third kappa shape index (κ3) is 3.29. The molecule has 0 unspecified atom stereocenters. The lowest BCUT2D eigenvalue weighted by molar-refractivity contribution is 0.149. The number of aliphatic hydroxyl groups is 1. The number of pyridine rings is 1. The summed E-state index contributed by atoms with van der Waals surface area (Å²) in [6, 6.07) is 12.9. The molecule has 1 aromatic carbocycles. The molecule has 0 spiro atoms. The normalized spacial score (nSPS) is 12.3. The Balaban J connectivity index is 1.76. The van der Waals surface area contributed by atoms with Gasteiger partial charge in [0, 0.05) is 22.5 Å². The lowest BCUT2D eigenvalue weighted by Crippen LogP contribution is -2.14.